The lowest BCUT2D eigenvalue weighted by atomic mass is 10.1. The molecule has 3 aromatic heterocycles. The summed E-state index contributed by atoms with van der Waals surface area (Å²) in [4.78, 5) is 29.7. The highest BCUT2D eigenvalue weighted by Crippen LogP contribution is 2.40. The molecule has 1 aliphatic rings. The lowest BCUT2D eigenvalue weighted by Crippen LogP contribution is -2.21. The van der Waals surface area contributed by atoms with Crippen LogP contribution in [0.15, 0.2) is 40.9 Å². The molecule has 0 unspecified atom stereocenters. The van der Waals surface area contributed by atoms with Crippen LogP contribution in [-0.2, 0) is 12.7 Å². The van der Waals surface area contributed by atoms with Gasteiger partial charge in [-0.15, -0.1) is 0 Å². The molecule has 0 spiro atoms. The molecule has 3 heterocycles. The molecule has 1 fully saturated rings. The molecule has 1 saturated carbocycles. The van der Waals surface area contributed by atoms with Crippen LogP contribution in [0.25, 0.3) is 10.9 Å². The van der Waals surface area contributed by atoms with Gasteiger partial charge in [-0.05, 0) is 31.9 Å². The molecule has 186 valence electrons. The number of carbonyl (C=O) groups excluding carboxylic acids is 2. The van der Waals surface area contributed by atoms with Crippen molar-refractivity contribution in [1.82, 2.24) is 25.2 Å². The van der Waals surface area contributed by atoms with Crippen LogP contribution >= 0.6 is 0 Å². The third-order valence-corrected chi connectivity index (χ3v) is 6.00. The number of aromatic nitrogens is 4. The smallest absolute Gasteiger partial charge is 0.361 e. The van der Waals surface area contributed by atoms with Gasteiger partial charge in [0, 0.05) is 24.4 Å². The maximum Gasteiger partial charge on any atom is 0.437 e. The monoisotopic (exact) mass is 498 g/mol. The number of anilines is 1. The van der Waals surface area contributed by atoms with E-state index in [4.69, 9.17) is 4.52 Å². The number of nitrogens with one attached hydrogen (secondary N) is 2. The average Bonchev–Trinajstić information content (AvgIpc) is 3.53. The predicted octanol–water partition coefficient (Wildman–Crippen LogP) is 4.28. The van der Waals surface area contributed by atoms with Crippen LogP contribution in [0.5, 0.6) is 0 Å². The summed E-state index contributed by atoms with van der Waals surface area (Å²) in [5.41, 5.74) is -0.858. The molecular formula is C24H21F3N6O3. The van der Waals surface area contributed by atoms with Gasteiger partial charge in [0.05, 0.1) is 29.0 Å². The maximum absolute atomic E-state index is 13.9. The Bertz CT molecular complexity index is 1490. The summed E-state index contributed by atoms with van der Waals surface area (Å²) in [6.45, 7) is 1.38. The van der Waals surface area contributed by atoms with Gasteiger partial charge >= 0.3 is 6.18 Å². The quantitative estimate of drug-likeness (QED) is 0.410. The second-order valence-corrected chi connectivity index (χ2v) is 8.56. The summed E-state index contributed by atoms with van der Waals surface area (Å²) in [5.74, 6) is -0.353. The van der Waals surface area contributed by atoms with Crippen molar-refractivity contribution < 1.29 is 27.3 Å². The third-order valence-electron chi connectivity index (χ3n) is 6.00. The molecular weight excluding hydrogens is 477 g/mol. The molecule has 2 amide bonds. The van der Waals surface area contributed by atoms with E-state index in [9.17, 15) is 22.8 Å². The Morgan fingerprint density at radius 3 is 2.61 bits per heavy atom. The molecule has 0 radical (unpaired) electrons. The number of fused-ring (bicyclic) bond motifs is 1. The van der Waals surface area contributed by atoms with E-state index in [2.05, 4.69) is 25.9 Å². The summed E-state index contributed by atoms with van der Waals surface area (Å²) in [5, 5.41) is 12.9. The number of rotatable bonds is 6. The number of hydrogen-bond donors (Lipinski definition) is 2. The van der Waals surface area contributed by atoms with E-state index in [0.717, 1.165) is 17.5 Å². The number of para-hydroxylation sites is 1. The Hall–Kier alpha value is -4.22. The van der Waals surface area contributed by atoms with Crippen LogP contribution in [0, 0.1) is 6.92 Å². The van der Waals surface area contributed by atoms with Crippen molar-refractivity contribution in [3.05, 3.63) is 70.5 Å². The minimum atomic E-state index is -4.82. The minimum Gasteiger partial charge on any atom is -0.361 e. The number of alkyl halides is 3. The fourth-order valence-corrected chi connectivity index (χ4v) is 3.95. The standard InChI is InChI=1S/C24H21F3N6O3/c1-12-20(21(24(25,26)27)31-33(12)11-14-9-19(36-32-14)13-7-8-13)30-22(34)16-10-18(23(35)28-2)29-17-6-4-3-5-15(16)17/h3-6,9-10,13H,7-8,11H2,1-2H3,(H,28,35)(H,30,34). The SMILES string of the molecule is CNC(=O)c1cc(C(=O)Nc2c(C(F)(F)F)nn(Cc3cc(C4CC4)on3)c2C)c2ccccc2n1. The van der Waals surface area contributed by atoms with Crippen LogP contribution in [0.4, 0.5) is 18.9 Å². The zero-order valence-corrected chi connectivity index (χ0v) is 19.3. The van der Waals surface area contributed by atoms with E-state index in [1.807, 2.05) is 0 Å². The van der Waals surface area contributed by atoms with Gasteiger partial charge in [-0.3, -0.25) is 14.3 Å². The summed E-state index contributed by atoms with van der Waals surface area (Å²) >= 11 is 0. The first kappa shape index (κ1) is 23.5. The highest BCUT2D eigenvalue weighted by molar-refractivity contribution is 6.14. The van der Waals surface area contributed by atoms with Gasteiger partial charge in [0.15, 0.2) is 5.69 Å². The van der Waals surface area contributed by atoms with E-state index in [-0.39, 0.29) is 23.5 Å². The molecule has 12 heteroatoms. The predicted molar refractivity (Wildman–Crippen MR) is 123 cm³/mol. The zero-order chi connectivity index (χ0) is 25.6. The summed E-state index contributed by atoms with van der Waals surface area (Å²) < 4.78 is 48.1. The Kier molecular flexibility index (Phi) is 5.73. The molecule has 4 aromatic rings. The van der Waals surface area contributed by atoms with Crippen molar-refractivity contribution in [3.63, 3.8) is 0 Å². The molecule has 9 nitrogen and oxygen atoms in total. The number of amides is 2. The van der Waals surface area contributed by atoms with Crippen molar-refractivity contribution in [1.29, 1.82) is 0 Å². The summed E-state index contributed by atoms with van der Waals surface area (Å²) in [6.07, 6.45) is -2.83. The van der Waals surface area contributed by atoms with Crippen molar-refractivity contribution in [2.45, 2.75) is 38.4 Å². The van der Waals surface area contributed by atoms with Gasteiger partial charge in [0.2, 0.25) is 0 Å². The third kappa shape index (κ3) is 4.41. The van der Waals surface area contributed by atoms with Crippen LogP contribution in [0.3, 0.4) is 0 Å². The van der Waals surface area contributed by atoms with E-state index < -0.39 is 29.4 Å². The fourth-order valence-electron chi connectivity index (χ4n) is 3.95. The Morgan fingerprint density at radius 1 is 1.17 bits per heavy atom. The van der Waals surface area contributed by atoms with Crippen molar-refractivity contribution >= 4 is 28.4 Å². The lowest BCUT2D eigenvalue weighted by Gasteiger charge is -2.12. The first-order valence-corrected chi connectivity index (χ1v) is 11.2. The zero-order valence-electron chi connectivity index (χ0n) is 19.3. The van der Waals surface area contributed by atoms with E-state index in [1.54, 1.807) is 30.3 Å². The topological polar surface area (TPSA) is 115 Å². The normalized spacial score (nSPS) is 13.7. The van der Waals surface area contributed by atoms with Gasteiger partial charge in [-0.2, -0.15) is 18.3 Å². The molecule has 36 heavy (non-hydrogen) atoms. The van der Waals surface area contributed by atoms with Crippen LogP contribution in [-0.4, -0.2) is 38.8 Å². The highest BCUT2D eigenvalue weighted by atomic mass is 19.4. The van der Waals surface area contributed by atoms with Gasteiger partial charge < -0.3 is 15.2 Å². The Labute approximate surface area is 202 Å². The van der Waals surface area contributed by atoms with Gasteiger partial charge in [-0.25, -0.2) is 4.98 Å². The number of carbonyl (C=O) groups is 2. The van der Waals surface area contributed by atoms with Crippen molar-refractivity contribution in [2.24, 2.45) is 0 Å². The van der Waals surface area contributed by atoms with E-state index in [0.29, 0.717) is 28.3 Å². The average molecular weight is 498 g/mol. The lowest BCUT2D eigenvalue weighted by molar-refractivity contribution is -0.140. The second kappa shape index (κ2) is 8.77. The van der Waals surface area contributed by atoms with Crippen LogP contribution in [0.1, 0.15) is 62.4 Å². The number of nitrogens with zero attached hydrogens (tertiary/aromatic N) is 4. The summed E-state index contributed by atoms with van der Waals surface area (Å²) in [6, 6.07) is 9.52. The first-order chi connectivity index (χ1) is 17.2. The van der Waals surface area contributed by atoms with Gasteiger partial charge in [-0.1, -0.05) is 23.4 Å². The Morgan fingerprint density at radius 2 is 1.92 bits per heavy atom. The molecule has 0 aliphatic heterocycles. The van der Waals surface area contributed by atoms with Crippen molar-refractivity contribution in [3.8, 4) is 0 Å². The number of benzene rings is 1. The number of hydrogen-bond acceptors (Lipinski definition) is 6. The number of halogens is 3. The molecule has 5 rings (SSSR count). The maximum atomic E-state index is 13.9. The van der Waals surface area contributed by atoms with Crippen LogP contribution in [0.2, 0.25) is 0 Å². The molecule has 0 atom stereocenters. The molecule has 2 N–H and O–H groups in total. The fraction of sp³-hybridized carbons (Fsp3) is 0.292. The van der Waals surface area contributed by atoms with Gasteiger partial charge in [0.1, 0.15) is 17.1 Å². The second-order valence-electron chi connectivity index (χ2n) is 8.56. The molecule has 0 saturated heterocycles. The first-order valence-electron chi connectivity index (χ1n) is 11.2. The van der Waals surface area contributed by atoms with Crippen molar-refractivity contribution in [2.75, 3.05) is 12.4 Å². The van der Waals surface area contributed by atoms with Crippen LogP contribution < -0.4 is 10.6 Å². The van der Waals surface area contributed by atoms with E-state index in [1.165, 1.54) is 20.0 Å². The molecule has 1 aromatic carbocycles. The molecule has 0 bridgehead atoms. The van der Waals surface area contributed by atoms with E-state index >= 15 is 0 Å². The minimum absolute atomic E-state index is 0.00468. The Balaban J connectivity index is 1.52. The molecule has 1 aliphatic carbocycles. The highest BCUT2D eigenvalue weighted by Gasteiger charge is 2.39. The summed E-state index contributed by atoms with van der Waals surface area (Å²) in [7, 11) is 1.41. The van der Waals surface area contributed by atoms with Gasteiger partial charge in [0.25, 0.3) is 11.8 Å². The largest absolute Gasteiger partial charge is 0.437 e. The number of pyridine rings is 1.